The number of anilines is 1. The third kappa shape index (κ3) is 3.85. The van der Waals surface area contributed by atoms with Gasteiger partial charge < -0.3 is 35.2 Å². The van der Waals surface area contributed by atoms with Crippen molar-refractivity contribution in [3.05, 3.63) is 12.7 Å². The number of thioether (sulfide) groups is 1. The Morgan fingerprint density at radius 3 is 2.75 bits per heavy atom. The molecule has 2 aromatic rings. The smallest absolute Gasteiger partial charge is 0.349 e. The molecule has 15 heteroatoms. The Hall–Kier alpha value is -1.80. The lowest BCUT2D eigenvalue weighted by Gasteiger charge is -2.19. The van der Waals surface area contributed by atoms with Crippen LogP contribution in [0.3, 0.4) is 0 Å². The Morgan fingerprint density at radius 1 is 1.39 bits per heavy atom. The Kier molecular flexibility index (Phi) is 5.91. The summed E-state index contributed by atoms with van der Waals surface area (Å²) >= 11 is 0.565. The minimum absolute atomic E-state index is 0.131. The molecule has 154 valence electrons. The standard InChI is InChI=1S/C13H18N5O8PS/c1-25-12(21)13(27(22,23)24)28-2-5-7(19)8(20)11(26-5)18-4-17-6-9(14)15-3-16-10(6)18/h3-5,7-8,11,13,19-20H,2H2,1H3,(H2,14,15,16)(H2,22,23,24)/t5-,7+,8-,11-,13?/m1/s1. The summed E-state index contributed by atoms with van der Waals surface area (Å²) < 4.78 is 22.9. The zero-order valence-corrected chi connectivity index (χ0v) is 16.1. The number of carbonyl (C=O) groups is 1. The Morgan fingerprint density at radius 2 is 2.11 bits per heavy atom. The molecule has 1 saturated heterocycles. The van der Waals surface area contributed by atoms with Crippen LogP contribution in [0, 0.1) is 0 Å². The molecule has 0 amide bonds. The van der Waals surface area contributed by atoms with Gasteiger partial charge in [-0.3, -0.25) is 13.9 Å². The van der Waals surface area contributed by atoms with Crippen molar-refractivity contribution in [2.45, 2.75) is 29.5 Å². The van der Waals surface area contributed by atoms with E-state index in [0.717, 1.165) is 7.11 Å². The van der Waals surface area contributed by atoms with Crippen LogP contribution in [-0.2, 0) is 18.8 Å². The van der Waals surface area contributed by atoms with Gasteiger partial charge in [-0.15, -0.1) is 11.8 Å². The van der Waals surface area contributed by atoms with Gasteiger partial charge in [0.05, 0.1) is 19.5 Å². The van der Waals surface area contributed by atoms with Crippen molar-refractivity contribution in [3.8, 4) is 0 Å². The first-order valence-electron chi connectivity index (χ1n) is 7.84. The van der Waals surface area contributed by atoms with Crippen LogP contribution in [0.25, 0.3) is 11.2 Å². The van der Waals surface area contributed by atoms with Crippen LogP contribution in [-0.4, -0.2) is 81.7 Å². The molecule has 1 unspecified atom stereocenters. The molecule has 13 nitrogen and oxygen atoms in total. The minimum atomic E-state index is -4.80. The minimum Gasteiger partial charge on any atom is -0.468 e. The molecule has 5 atom stereocenters. The highest BCUT2D eigenvalue weighted by Crippen LogP contribution is 2.48. The first-order valence-corrected chi connectivity index (χ1v) is 10.6. The van der Waals surface area contributed by atoms with Gasteiger partial charge in [0, 0.05) is 5.75 Å². The summed E-state index contributed by atoms with van der Waals surface area (Å²) in [6.45, 7) is 0. The van der Waals surface area contributed by atoms with Gasteiger partial charge in [-0.1, -0.05) is 0 Å². The lowest BCUT2D eigenvalue weighted by atomic mass is 10.1. The first-order chi connectivity index (χ1) is 13.1. The molecule has 6 N–H and O–H groups in total. The van der Waals surface area contributed by atoms with Gasteiger partial charge in [0.1, 0.15) is 24.1 Å². The highest BCUT2D eigenvalue weighted by molar-refractivity contribution is 8.06. The van der Waals surface area contributed by atoms with E-state index in [4.69, 9.17) is 10.5 Å². The highest BCUT2D eigenvalue weighted by atomic mass is 32.2. The largest absolute Gasteiger partial charge is 0.468 e. The summed E-state index contributed by atoms with van der Waals surface area (Å²) in [5.41, 5.74) is 6.29. The van der Waals surface area contributed by atoms with Crippen molar-refractivity contribution in [2.75, 3.05) is 18.6 Å². The van der Waals surface area contributed by atoms with Crippen LogP contribution >= 0.6 is 19.4 Å². The van der Waals surface area contributed by atoms with Crippen LogP contribution in [0.2, 0.25) is 0 Å². The van der Waals surface area contributed by atoms with Gasteiger partial charge in [0.25, 0.3) is 0 Å². The number of aliphatic hydroxyl groups excluding tert-OH is 2. The summed E-state index contributed by atoms with van der Waals surface area (Å²) in [4.78, 5) is 40.4. The third-order valence-corrected chi connectivity index (χ3v) is 7.25. The number of ether oxygens (including phenoxy) is 2. The number of aliphatic hydroxyl groups is 2. The van der Waals surface area contributed by atoms with Crippen molar-refractivity contribution in [2.24, 2.45) is 0 Å². The maximum absolute atomic E-state index is 11.6. The van der Waals surface area contributed by atoms with Gasteiger partial charge >= 0.3 is 13.6 Å². The SMILES string of the molecule is COC(=O)C(SC[C@H]1O[C@@H](n2cnc3c(N)ncnc32)[C@H](O)[C@H]1O)P(=O)(O)O. The van der Waals surface area contributed by atoms with Gasteiger partial charge in [-0.05, 0) is 0 Å². The molecular weight excluding hydrogens is 417 g/mol. The molecule has 0 spiro atoms. The van der Waals surface area contributed by atoms with E-state index in [2.05, 4.69) is 19.7 Å². The average Bonchev–Trinajstić information content (AvgIpc) is 3.17. The van der Waals surface area contributed by atoms with Crippen molar-refractivity contribution in [1.82, 2.24) is 19.5 Å². The fourth-order valence-electron chi connectivity index (χ4n) is 2.74. The lowest BCUT2D eigenvalue weighted by molar-refractivity contribution is -0.138. The zero-order valence-electron chi connectivity index (χ0n) is 14.4. The number of aromatic nitrogens is 4. The molecular formula is C13H18N5O8PS. The van der Waals surface area contributed by atoms with Crippen LogP contribution < -0.4 is 5.73 Å². The number of nitrogens with zero attached hydrogens (tertiary/aromatic N) is 4. The quantitative estimate of drug-likeness (QED) is 0.257. The van der Waals surface area contributed by atoms with Crippen molar-refractivity contribution in [3.63, 3.8) is 0 Å². The average molecular weight is 435 g/mol. The molecule has 0 aromatic carbocycles. The second-order valence-corrected chi connectivity index (χ2v) is 9.11. The van der Waals surface area contributed by atoms with Crippen LogP contribution in [0.15, 0.2) is 12.7 Å². The van der Waals surface area contributed by atoms with Crippen molar-refractivity contribution >= 4 is 42.3 Å². The van der Waals surface area contributed by atoms with Gasteiger partial charge in [0.15, 0.2) is 17.7 Å². The number of rotatable bonds is 6. The van der Waals surface area contributed by atoms with Gasteiger partial charge in [-0.2, -0.15) is 0 Å². The summed E-state index contributed by atoms with van der Waals surface area (Å²) in [5.74, 6) is -1.16. The van der Waals surface area contributed by atoms with Gasteiger partial charge in [0.2, 0.25) is 4.99 Å². The molecule has 0 saturated carbocycles. The Balaban J connectivity index is 1.78. The topological polar surface area (TPSA) is 203 Å². The molecule has 1 fully saturated rings. The van der Waals surface area contributed by atoms with E-state index < -0.39 is 43.1 Å². The Labute approximate surface area is 162 Å². The predicted molar refractivity (Wildman–Crippen MR) is 96.0 cm³/mol. The van der Waals surface area contributed by atoms with Crippen LogP contribution in [0.1, 0.15) is 6.23 Å². The normalized spacial score (nSPS) is 26.5. The van der Waals surface area contributed by atoms with E-state index in [1.165, 1.54) is 17.2 Å². The molecule has 2 aromatic heterocycles. The fraction of sp³-hybridized carbons (Fsp3) is 0.538. The maximum Gasteiger partial charge on any atom is 0.349 e. The summed E-state index contributed by atoms with van der Waals surface area (Å²) in [6.07, 6.45) is -2.34. The second-order valence-electron chi connectivity index (χ2n) is 5.93. The van der Waals surface area contributed by atoms with Crippen LogP contribution in [0.5, 0.6) is 0 Å². The molecule has 0 radical (unpaired) electrons. The van der Waals surface area contributed by atoms with Crippen molar-refractivity contribution in [1.29, 1.82) is 0 Å². The first kappa shape index (κ1) is 20.9. The predicted octanol–water partition coefficient (Wildman–Crippen LogP) is -1.56. The number of hydrogen-bond donors (Lipinski definition) is 5. The maximum atomic E-state index is 11.6. The monoisotopic (exact) mass is 435 g/mol. The molecule has 1 aliphatic heterocycles. The van der Waals surface area contributed by atoms with E-state index in [9.17, 15) is 29.4 Å². The molecule has 3 heterocycles. The van der Waals surface area contributed by atoms with E-state index in [1.54, 1.807) is 0 Å². The van der Waals surface area contributed by atoms with Crippen molar-refractivity contribution < 1.29 is 38.8 Å². The second kappa shape index (κ2) is 7.91. The molecule has 0 bridgehead atoms. The number of methoxy groups -OCH3 is 1. The highest BCUT2D eigenvalue weighted by Gasteiger charge is 2.46. The molecule has 0 aliphatic carbocycles. The van der Waals surface area contributed by atoms with Crippen LogP contribution in [0.4, 0.5) is 5.82 Å². The number of hydrogen-bond acceptors (Lipinski definition) is 11. The molecule has 28 heavy (non-hydrogen) atoms. The van der Waals surface area contributed by atoms with E-state index >= 15 is 0 Å². The van der Waals surface area contributed by atoms with E-state index in [1.807, 2.05) is 0 Å². The summed E-state index contributed by atoms with van der Waals surface area (Å²) in [6, 6.07) is 0. The molecule has 1 aliphatic rings. The lowest BCUT2D eigenvalue weighted by Crippen LogP contribution is -2.33. The third-order valence-electron chi connectivity index (χ3n) is 4.13. The molecule has 3 rings (SSSR count). The van der Waals surface area contributed by atoms with Gasteiger partial charge in [-0.25, -0.2) is 15.0 Å². The number of fused-ring (bicyclic) bond motifs is 1. The number of carbonyl (C=O) groups excluding carboxylic acids is 1. The summed E-state index contributed by atoms with van der Waals surface area (Å²) in [5, 5.41) is 20.6. The van der Waals surface area contributed by atoms with E-state index in [0.29, 0.717) is 11.8 Å². The summed E-state index contributed by atoms with van der Waals surface area (Å²) in [7, 11) is -3.80. The fourth-order valence-corrected chi connectivity index (χ4v) is 5.04. The number of nitrogens with two attached hydrogens (primary N) is 1. The number of esters is 1. The Bertz CT molecular complexity index is 921. The number of nitrogen functional groups attached to an aromatic ring is 1. The zero-order chi connectivity index (χ0) is 20.6. The number of imidazole rings is 1. The van der Waals surface area contributed by atoms with E-state index in [-0.39, 0.29) is 22.7 Å².